The standard InChI is InChI=1S/C37H50N4O/c1-25(2)32-5-3-4-6-33(32)34-21-39(22-36-12-11-28-15-26(17-36)16-29(28)18-36)13-14-41(34)31-19-37(20-31)23-40(24-37)30-9-7-27(8-10-30)35(38)42/h3-10,25-26,28-29,31,34H,11-24H2,1-2H3,(H2,38,42)/t26?,28?,29?,34-,36?/m0/s1. The first-order chi connectivity index (χ1) is 20.3. The van der Waals surface area contributed by atoms with Gasteiger partial charge in [0.15, 0.2) is 0 Å². The largest absolute Gasteiger partial charge is 0.370 e. The minimum atomic E-state index is -0.352. The number of nitrogens with zero attached hydrogens (tertiary/aromatic N) is 3. The van der Waals surface area contributed by atoms with Crippen molar-refractivity contribution in [3.05, 3.63) is 65.2 Å². The fraction of sp³-hybridized carbons (Fsp3) is 0.649. The van der Waals surface area contributed by atoms with Gasteiger partial charge in [0.2, 0.25) is 5.91 Å². The number of fused-ring (bicyclic) bond motifs is 2. The van der Waals surface area contributed by atoms with Gasteiger partial charge in [-0.2, -0.15) is 0 Å². The molecule has 2 aromatic rings. The molecule has 1 spiro atoms. The summed E-state index contributed by atoms with van der Waals surface area (Å²) in [5, 5.41) is 0. The SMILES string of the molecule is CC(C)c1ccccc1[C@@H]1CN(CC23CCC4CC(CC4C2)C3)CCN1C1CC2(C1)CN(c1ccc(C(N)=O)cc1)C2. The van der Waals surface area contributed by atoms with Crippen molar-refractivity contribution < 1.29 is 4.79 Å². The molecular formula is C37H50N4O. The van der Waals surface area contributed by atoms with Crippen molar-refractivity contribution in [3.63, 3.8) is 0 Å². The third kappa shape index (κ3) is 4.61. The zero-order chi connectivity index (χ0) is 28.6. The van der Waals surface area contributed by atoms with Crippen LogP contribution in [0, 0.1) is 28.6 Å². The molecule has 5 heteroatoms. The normalized spacial score (nSPS) is 34.1. The van der Waals surface area contributed by atoms with E-state index in [1.807, 2.05) is 12.1 Å². The number of carbonyl (C=O) groups is 1. The molecule has 6 fully saturated rings. The Hall–Kier alpha value is -2.37. The molecule has 6 aliphatic rings. The number of nitrogens with two attached hydrogens (primary N) is 1. The smallest absolute Gasteiger partial charge is 0.248 e. The van der Waals surface area contributed by atoms with Gasteiger partial charge < -0.3 is 10.6 Å². The van der Waals surface area contributed by atoms with Crippen LogP contribution in [-0.4, -0.2) is 61.0 Å². The van der Waals surface area contributed by atoms with Gasteiger partial charge in [0, 0.05) is 68.0 Å². The number of carbonyl (C=O) groups excluding carboxylic acids is 1. The van der Waals surface area contributed by atoms with Gasteiger partial charge >= 0.3 is 0 Å². The van der Waals surface area contributed by atoms with Gasteiger partial charge in [-0.25, -0.2) is 0 Å². The fourth-order valence-electron chi connectivity index (χ4n) is 11.0. The topological polar surface area (TPSA) is 52.8 Å². The summed E-state index contributed by atoms with van der Waals surface area (Å²) in [6, 6.07) is 18.4. The molecule has 2 aromatic carbocycles. The second-order valence-electron chi connectivity index (χ2n) is 15.9. The number of primary amides is 1. The maximum atomic E-state index is 11.5. The summed E-state index contributed by atoms with van der Waals surface area (Å²) in [5.74, 6) is 3.34. The number of amides is 1. The van der Waals surface area contributed by atoms with Crippen LogP contribution in [0.2, 0.25) is 0 Å². The molecular weight excluding hydrogens is 516 g/mol. The Morgan fingerprint density at radius 2 is 1.71 bits per heavy atom. The quantitative estimate of drug-likeness (QED) is 0.418. The van der Waals surface area contributed by atoms with Crippen LogP contribution in [-0.2, 0) is 0 Å². The van der Waals surface area contributed by atoms with Gasteiger partial charge in [-0.1, -0.05) is 38.1 Å². The van der Waals surface area contributed by atoms with E-state index in [0.29, 0.717) is 34.4 Å². The number of hydrogen-bond acceptors (Lipinski definition) is 4. The van der Waals surface area contributed by atoms with Crippen LogP contribution in [0.5, 0.6) is 0 Å². The lowest BCUT2D eigenvalue weighted by Crippen LogP contribution is -2.68. The van der Waals surface area contributed by atoms with Gasteiger partial charge in [-0.3, -0.25) is 14.6 Å². The van der Waals surface area contributed by atoms with E-state index in [9.17, 15) is 4.79 Å². The lowest BCUT2D eigenvalue weighted by atomic mass is 9.59. The maximum absolute atomic E-state index is 11.5. The number of piperazine rings is 1. The molecule has 2 heterocycles. The van der Waals surface area contributed by atoms with Crippen LogP contribution in [0.15, 0.2) is 48.5 Å². The number of rotatable bonds is 7. The Balaban J connectivity index is 0.970. The van der Waals surface area contributed by atoms with Gasteiger partial charge in [-0.15, -0.1) is 0 Å². The van der Waals surface area contributed by atoms with Crippen LogP contribution in [0.4, 0.5) is 5.69 Å². The molecule has 0 radical (unpaired) electrons. The number of anilines is 1. The highest BCUT2D eigenvalue weighted by atomic mass is 16.1. The Morgan fingerprint density at radius 3 is 2.48 bits per heavy atom. The molecule has 0 aromatic heterocycles. The summed E-state index contributed by atoms with van der Waals surface area (Å²) in [5.41, 5.74) is 11.5. The monoisotopic (exact) mass is 566 g/mol. The molecule has 42 heavy (non-hydrogen) atoms. The summed E-state index contributed by atoms with van der Waals surface area (Å²) < 4.78 is 0. The highest BCUT2D eigenvalue weighted by Crippen LogP contribution is 2.61. The second kappa shape index (κ2) is 10.1. The van der Waals surface area contributed by atoms with E-state index < -0.39 is 0 Å². The Morgan fingerprint density at radius 1 is 0.952 bits per heavy atom. The highest BCUT2D eigenvalue weighted by molar-refractivity contribution is 5.93. The van der Waals surface area contributed by atoms with E-state index in [1.54, 1.807) is 24.0 Å². The maximum Gasteiger partial charge on any atom is 0.248 e. The minimum Gasteiger partial charge on any atom is -0.370 e. The molecule has 2 aliphatic heterocycles. The van der Waals surface area contributed by atoms with E-state index in [2.05, 4.69) is 64.9 Å². The van der Waals surface area contributed by atoms with Crippen molar-refractivity contribution >= 4 is 11.6 Å². The summed E-state index contributed by atoms with van der Waals surface area (Å²) in [4.78, 5) is 19.8. The minimum absolute atomic E-state index is 0.352. The Kier molecular flexibility index (Phi) is 6.53. The van der Waals surface area contributed by atoms with E-state index in [1.165, 1.54) is 70.4 Å². The molecule has 3 bridgehead atoms. The number of hydrogen-bond donors (Lipinski definition) is 1. The summed E-state index contributed by atoms with van der Waals surface area (Å²) in [7, 11) is 0. The van der Waals surface area contributed by atoms with Crippen LogP contribution >= 0.6 is 0 Å². The Labute approximate surface area is 252 Å². The first kappa shape index (κ1) is 27.2. The van der Waals surface area contributed by atoms with Gasteiger partial charge in [-0.05, 0) is 116 Å². The van der Waals surface area contributed by atoms with E-state index in [4.69, 9.17) is 5.73 Å². The molecule has 2 saturated heterocycles. The van der Waals surface area contributed by atoms with E-state index in [0.717, 1.165) is 30.8 Å². The average Bonchev–Trinajstić information content (AvgIpc) is 3.16. The molecule has 4 unspecified atom stereocenters. The zero-order valence-electron chi connectivity index (χ0n) is 25.8. The molecule has 8 rings (SSSR count). The Bertz CT molecular complexity index is 1320. The van der Waals surface area contributed by atoms with Crippen molar-refractivity contribution in [1.29, 1.82) is 0 Å². The molecule has 1 amide bonds. The highest BCUT2D eigenvalue weighted by Gasteiger charge is 2.56. The van der Waals surface area contributed by atoms with Crippen molar-refractivity contribution in [1.82, 2.24) is 9.80 Å². The molecule has 5 nitrogen and oxygen atoms in total. The second-order valence-corrected chi connectivity index (χ2v) is 15.9. The lowest BCUT2D eigenvalue weighted by molar-refractivity contribution is -0.0734. The van der Waals surface area contributed by atoms with Crippen LogP contribution < -0.4 is 10.6 Å². The fourth-order valence-corrected chi connectivity index (χ4v) is 11.0. The summed E-state index contributed by atoms with van der Waals surface area (Å²) >= 11 is 0. The van der Waals surface area contributed by atoms with E-state index in [-0.39, 0.29) is 5.91 Å². The summed E-state index contributed by atoms with van der Waals surface area (Å²) in [6.45, 7) is 12.0. The van der Waals surface area contributed by atoms with E-state index >= 15 is 0 Å². The zero-order valence-corrected chi connectivity index (χ0v) is 25.8. The molecule has 2 N–H and O–H groups in total. The molecule has 4 aliphatic carbocycles. The third-order valence-electron chi connectivity index (χ3n) is 12.8. The van der Waals surface area contributed by atoms with Crippen LogP contribution in [0.3, 0.4) is 0 Å². The van der Waals surface area contributed by atoms with Gasteiger partial charge in [0.1, 0.15) is 0 Å². The van der Waals surface area contributed by atoms with Crippen molar-refractivity contribution in [2.75, 3.05) is 44.2 Å². The molecule has 5 atom stereocenters. The van der Waals surface area contributed by atoms with Crippen LogP contribution in [0.25, 0.3) is 0 Å². The predicted octanol–water partition coefficient (Wildman–Crippen LogP) is 6.45. The summed E-state index contributed by atoms with van der Waals surface area (Å²) in [6.07, 6.45) is 11.8. The number of benzene rings is 2. The van der Waals surface area contributed by atoms with Crippen molar-refractivity contribution in [2.45, 2.75) is 83.2 Å². The predicted molar refractivity (Wildman–Crippen MR) is 170 cm³/mol. The first-order valence-corrected chi connectivity index (χ1v) is 17.0. The lowest BCUT2D eigenvalue weighted by Gasteiger charge is -2.63. The van der Waals surface area contributed by atoms with Gasteiger partial charge in [0.05, 0.1) is 0 Å². The molecule has 224 valence electrons. The van der Waals surface area contributed by atoms with Crippen molar-refractivity contribution in [2.24, 2.45) is 34.3 Å². The average molecular weight is 567 g/mol. The van der Waals surface area contributed by atoms with Gasteiger partial charge in [0.25, 0.3) is 0 Å². The van der Waals surface area contributed by atoms with Crippen molar-refractivity contribution in [3.8, 4) is 0 Å². The first-order valence-electron chi connectivity index (χ1n) is 17.0. The van der Waals surface area contributed by atoms with Crippen LogP contribution in [0.1, 0.15) is 98.7 Å². The molecule has 4 saturated carbocycles. The third-order valence-corrected chi connectivity index (χ3v) is 12.8.